The summed E-state index contributed by atoms with van der Waals surface area (Å²) in [6, 6.07) is 10.1. The Morgan fingerprint density at radius 2 is 1.95 bits per heavy atom. The molecule has 1 aliphatic heterocycles. The van der Waals surface area contributed by atoms with Gasteiger partial charge in [-0.2, -0.15) is 5.10 Å². The molecule has 2 heterocycles. The van der Waals surface area contributed by atoms with E-state index in [4.69, 9.17) is 0 Å². The van der Waals surface area contributed by atoms with Crippen molar-refractivity contribution in [3.05, 3.63) is 47.5 Å². The highest BCUT2D eigenvalue weighted by Gasteiger charge is 2.56. The molecule has 3 fully saturated rings. The van der Waals surface area contributed by atoms with Gasteiger partial charge in [-0.1, -0.05) is 30.3 Å². The van der Waals surface area contributed by atoms with Crippen molar-refractivity contribution in [2.24, 2.45) is 11.3 Å². The Morgan fingerprint density at radius 3 is 2.62 bits per heavy atom. The molecule has 2 aromatic rings. The van der Waals surface area contributed by atoms with Crippen molar-refractivity contribution in [3.63, 3.8) is 0 Å². The average molecular weight is 283 g/mol. The van der Waals surface area contributed by atoms with Gasteiger partial charge in [0.25, 0.3) is 0 Å². The van der Waals surface area contributed by atoms with Crippen molar-refractivity contribution in [2.75, 3.05) is 0 Å². The molecule has 0 radical (unpaired) electrons. The van der Waals surface area contributed by atoms with Crippen LogP contribution in [0.25, 0.3) is 0 Å². The molecule has 21 heavy (non-hydrogen) atoms. The molecule has 3 nitrogen and oxygen atoms in total. The molecule has 3 aliphatic carbocycles. The molecule has 0 spiro atoms. The normalized spacial score (nSPS) is 36.0. The van der Waals surface area contributed by atoms with Crippen LogP contribution in [0.2, 0.25) is 0 Å². The van der Waals surface area contributed by atoms with E-state index in [2.05, 4.69) is 22.2 Å². The summed E-state index contributed by atoms with van der Waals surface area (Å²) in [5.74, 6) is 2.35. The third kappa shape index (κ3) is 1.65. The van der Waals surface area contributed by atoms with Gasteiger partial charge in [0.05, 0.1) is 6.04 Å². The maximum absolute atomic E-state index is 14.3. The van der Waals surface area contributed by atoms with Gasteiger partial charge in [-0.05, 0) is 36.2 Å². The first-order chi connectivity index (χ1) is 10.2. The van der Waals surface area contributed by atoms with Crippen LogP contribution in [0.4, 0.5) is 4.39 Å². The number of aromatic nitrogens is 3. The molecule has 3 saturated carbocycles. The van der Waals surface area contributed by atoms with Crippen LogP contribution in [0, 0.1) is 11.3 Å². The molecule has 0 amide bonds. The number of rotatable bonds is 3. The topological polar surface area (TPSA) is 30.7 Å². The van der Waals surface area contributed by atoms with Gasteiger partial charge in [0, 0.05) is 12.8 Å². The zero-order valence-electron chi connectivity index (χ0n) is 11.9. The van der Waals surface area contributed by atoms with Crippen LogP contribution in [0.15, 0.2) is 30.3 Å². The summed E-state index contributed by atoms with van der Waals surface area (Å²) in [5, 5.41) is 4.66. The standard InChI is InChI=1S/C17H18FN3/c18-13-6-14(12-4-2-1-3-5-12)21-16(13)19-15(20-21)10-17-7-11(8-17)9-17/h1-5,11,13-14H,6-10H2. The maximum atomic E-state index is 14.3. The van der Waals surface area contributed by atoms with E-state index in [-0.39, 0.29) is 6.04 Å². The Labute approximate surface area is 123 Å². The molecular weight excluding hydrogens is 265 g/mol. The van der Waals surface area contributed by atoms with Crippen LogP contribution in [-0.2, 0) is 6.42 Å². The number of nitrogens with zero attached hydrogens (tertiary/aromatic N) is 3. The maximum Gasteiger partial charge on any atom is 0.162 e. The van der Waals surface area contributed by atoms with Gasteiger partial charge in [-0.3, -0.25) is 0 Å². The molecule has 1 aromatic carbocycles. The van der Waals surface area contributed by atoms with E-state index < -0.39 is 6.17 Å². The number of halogens is 1. The Hall–Kier alpha value is -1.71. The first kappa shape index (κ1) is 11.9. The molecule has 4 aliphatic rings. The van der Waals surface area contributed by atoms with Gasteiger partial charge in [0.2, 0.25) is 0 Å². The van der Waals surface area contributed by atoms with Crippen LogP contribution in [0.1, 0.15) is 55.1 Å². The second kappa shape index (κ2) is 3.93. The molecule has 0 saturated heterocycles. The minimum atomic E-state index is -0.982. The predicted octanol–water partition coefficient (Wildman–Crippen LogP) is 3.62. The highest BCUT2D eigenvalue weighted by atomic mass is 19.1. The van der Waals surface area contributed by atoms with Gasteiger partial charge < -0.3 is 0 Å². The Balaban J connectivity index is 1.47. The van der Waals surface area contributed by atoms with Crippen LogP contribution >= 0.6 is 0 Å². The second-order valence-corrected chi connectivity index (χ2v) is 7.12. The molecule has 6 rings (SSSR count). The third-order valence-corrected chi connectivity index (χ3v) is 5.59. The molecule has 1 aromatic heterocycles. The lowest BCUT2D eigenvalue weighted by molar-refractivity contribution is -0.106. The van der Waals surface area contributed by atoms with Gasteiger partial charge in [0.15, 0.2) is 17.8 Å². The number of fused-ring (bicyclic) bond motifs is 1. The minimum absolute atomic E-state index is 0.00507. The Kier molecular flexibility index (Phi) is 2.23. The number of alkyl halides is 1. The van der Waals surface area contributed by atoms with E-state index >= 15 is 0 Å². The first-order valence-electron chi connectivity index (χ1n) is 7.87. The molecule has 108 valence electrons. The van der Waals surface area contributed by atoms with Crippen molar-refractivity contribution < 1.29 is 4.39 Å². The highest BCUT2D eigenvalue weighted by molar-refractivity contribution is 5.24. The summed E-state index contributed by atoms with van der Waals surface area (Å²) in [5.41, 5.74) is 1.60. The van der Waals surface area contributed by atoms with Gasteiger partial charge in [-0.15, -0.1) is 0 Å². The first-order valence-corrected chi connectivity index (χ1v) is 7.87. The average Bonchev–Trinajstić information content (AvgIpc) is 2.94. The van der Waals surface area contributed by atoms with E-state index in [0.29, 0.717) is 17.7 Å². The highest BCUT2D eigenvalue weighted by Crippen LogP contribution is 2.65. The van der Waals surface area contributed by atoms with Gasteiger partial charge >= 0.3 is 0 Å². The molecule has 4 heteroatoms. The summed E-state index contributed by atoms with van der Waals surface area (Å²) >= 11 is 0. The zero-order chi connectivity index (χ0) is 14.0. The lowest BCUT2D eigenvalue weighted by Crippen LogP contribution is -2.53. The molecule has 2 unspecified atom stereocenters. The largest absolute Gasteiger partial charge is 0.239 e. The quantitative estimate of drug-likeness (QED) is 0.861. The lowest BCUT2D eigenvalue weighted by atomic mass is 9.43. The van der Waals surface area contributed by atoms with Crippen molar-refractivity contribution in [3.8, 4) is 0 Å². The SMILES string of the molecule is FC1CC(c2ccccc2)n2nc(CC34CC(C3)C4)nc21. The Bertz CT molecular complexity index is 676. The van der Waals surface area contributed by atoms with E-state index in [9.17, 15) is 4.39 Å². The monoisotopic (exact) mass is 283 g/mol. The zero-order valence-corrected chi connectivity index (χ0v) is 11.9. The second-order valence-electron chi connectivity index (χ2n) is 7.12. The molecule has 2 atom stereocenters. The summed E-state index contributed by atoms with van der Waals surface area (Å²) in [7, 11) is 0. The summed E-state index contributed by atoms with van der Waals surface area (Å²) in [6.45, 7) is 0. The Morgan fingerprint density at radius 1 is 1.19 bits per heavy atom. The predicted molar refractivity (Wildman–Crippen MR) is 76.5 cm³/mol. The van der Waals surface area contributed by atoms with E-state index in [1.807, 2.05) is 22.9 Å². The van der Waals surface area contributed by atoms with Crippen LogP contribution in [0.3, 0.4) is 0 Å². The van der Waals surface area contributed by atoms with Crippen molar-refractivity contribution in [1.82, 2.24) is 14.8 Å². The molecular formula is C17H18FN3. The van der Waals surface area contributed by atoms with Crippen molar-refractivity contribution in [2.45, 2.75) is 44.3 Å². The van der Waals surface area contributed by atoms with Crippen molar-refractivity contribution in [1.29, 1.82) is 0 Å². The smallest absolute Gasteiger partial charge is 0.162 e. The van der Waals surface area contributed by atoms with Gasteiger partial charge in [-0.25, -0.2) is 14.1 Å². The van der Waals surface area contributed by atoms with Crippen LogP contribution < -0.4 is 0 Å². The number of hydrogen-bond acceptors (Lipinski definition) is 2. The van der Waals surface area contributed by atoms with E-state index in [1.165, 1.54) is 19.3 Å². The molecule has 2 bridgehead atoms. The number of hydrogen-bond donors (Lipinski definition) is 0. The fourth-order valence-corrected chi connectivity index (χ4v) is 4.46. The fraction of sp³-hybridized carbons (Fsp3) is 0.529. The lowest BCUT2D eigenvalue weighted by Gasteiger charge is -2.61. The van der Waals surface area contributed by atoms with E-state index in [0.717, 1.165) is 23.7 Å². The summed E-state index contributed by atoms with van der Waals surface area (Å²) < 4.78 is 16.1. The van der Waals surface area contributed by atoms with Gasteiger partial charge in [0.1, 0.15) is 0 Å². The van der Waals surface area contributed by atoms with Crippen molar-refractivity contribution >= 4 is 0 Å². The van der Waals surface area contributed by atoms with Crippen LogP contribution in [-0.4, -0.2) is 14.8 Å². The summed E-state index contributed by atoms with van der Waals surface area (Å²) in [4.78, 5) is 4.52. The fourth-order valence-electron chi connectivity index (χ4n) is 4.46. The van der Waals surface area contributed by atoms with E-state index in [1.54, 1.807) is 0 Å². The molecule has 0 N–H and O–H groups in total. The third-order valence-electron chi connectivity index (χ3n) is 5.59. The summed E-state index contributed by atoms with van der Waals surface area (Å²) in [6.07, 6.45) is 4.42. The van der Waals surface area contributed by atoms with Crippen LogP contribution in [0.5, 0.6) is 0 Å². The number of benzene rings is 1. The minimum Gasteiger partial charge on any atom is -0.239 e.